The van der Waals surface area contributed by atoms with E-state index in [4.69, 9.17) is 5.73 Å². The molecule has 0 aliphatic carbocycles. The van der Waals surface area contributed by atoms with E-state index in [0.717, 1.165) is 17.4 Å². The van der Waals surface area contributed by atoms with Gasteiger partial charge in [0.2, 0.25) is 5.91 Å². The largest absolute Gasteiger partial charge is 0.383 e. The highest BCUT2D eigenvalue weighted by atomic mass is 16.2. The van der Waals surface area contributed by atoms with Gasteiger partial charge in [0.1, 0.15) is 5.82 Å². The van der Waals surface area contributed by atoms with Gasteiger partial charge in [0.25, 0.3) is 0 Å². The second-order valence-electron chi connectivity index (χ2n) is 7.60. The van der Waals surface area contributed by atoms with Gasteiger partial charge in [-0.2, -0.15) is 4.98 Å². The molecule has 5 nitrogen and oxygen atoms in total. The summed E-state index contributed by atoms with van der Waals surface area (Å²) in [6.07, 6.45) is 21.2. The van der Waals surface area contributed by atoms with Gasteiger partial charge in [0.05, 0.1) is 0 Å². The zero-order valence-electron chi connectivity index (χ0n) is 17.3. The normalized spacial score (nSPS) is 11.0. The number of hydrogen-bond acceptors (Lipinski definition) is 4. The Balaban J connectivity index is 1.89. The number of carbonyl (C=O) groups is 1. The van der Waals surface area contributed by atoms with Crippen LogP contribution in [0.15, 0.2) is 17.1 Å². The van der Waals surface area contributed by atoms with Crippen molar-refractivity contribution in [2.75, 3.05) is 5.73 Å². The number of nitrogens with two attached hydrogens (primary N) is 1. The smallest absolute Gasteiger partial charge is 0.356 e. The number of unbranched alkanes of at least 4 members (excludes halogenated alkanes) is 14. The molecule has 2 N–H and O–H groups in total. The highest BCUT2D eigenvalue weighted by Crippen LogP contribution is 2.13. The number of hydrogen-bond donors (Lipinski definition) is 1. The lowest BCUT2D eigenvalue weighted by Crippen LogP contribution is -2.28. The zero-order chi connectivity index (χ0) is 19.7. The Labute approximate surface area is 164 Å². The lowest BCUT2D eigenvalue weighted by Gasteiger charge is -2.05. The molecule has 0 unspecified atom stereocenters. The molecule has 27 heavy (non-hydrogen) atoms. The number of anilines is 1. The summed E-state index contributed by atoms with van der Waals surface area (Å²) in [6, 6.07) is 1.48. The average Bonchev–Trinajstić information content (AvgIpc) is 2.64. The number of nitrogens with zero attached hydrogens (tertiary/aromatic N) is 2. The van der Waals surface area contributed by atoms with Gasteiger partial charge in [-0.15, -0.1) is 0 Å². The molecule has 1 heterocycles. The van der Waals surface area contributed by atoms with Crippen molar-refractivity contribution in [3.8, 4) is 0 Å². The van der Waals surface area contributed by atoms with Gasteiger partial charge in [-0.25, -0.2) is 9.36 Å². The molecular weight excluding hydrogens is 338 g/mol. The third-order valence-corrected chi connectivity index (χ3v) is 5.09. The van der Waals surface area contributed by atoms with E-state index < -0.39 is 5.69 Å². The highest BCUT2D eigenvalue weighted by Gasteiger charge is 2.07. The number of carbonyl (C=O) groups excluding carboxylic acids is 1. The first-order valence-corrected chi connectivity index (χ1v) is 11.0. The Bertz CT molecular complexity index is 569. The molecule has 0 saturated heterocycles. The van der Waals surface area contributed by atoms with Crippen LogP contribution in [0.4, 0.5) is 5.82 Å². The molecular formula is C22H39N3O2. The molecule has 0 spiro atoms. The lowest BCUT2D eigenvalue weighted by atomic mass is 10.0. The Hall–Kier alpha value is -1.65. The van der Waals surface area contributed by atoms with E-state index in [1.165, 1.54) is 95.7 Å². The van der Waals surface area contributed by atoms with E-state index in [9.17, 15) is 9.59 Å². The Morgan fingerprint density at radius 3 is 1.74 bits per heavy atom. The minimum absolute atomic E-state index is 0.149. The first kappa shape index (κ1) is 23.4. The summed E-state index contributed by atoms with van der Waals surface area (Å²) < 4.78 is 1.06. The van der Waals surface area contributed by atoms with Crippen molar-refractivity contribution in [3.05, 3.63) is 22.7 Å². The molecule has 0 radical (unpaired) electrons. The van der Waals surface area contributed by atoms with Crippen molar-refractivity contribution in [3.63, 3.8) is 0 Å². The van der Waals surface area contributed by atoms with E-state index in [1.54, 1.807) is 0 Å². The van der Waals surface area contributed by atoms with Gasteiger partial charge in [-0.05, 0) is 12.5 Å². The van der Waals surface area contributed by atoms with Crippen molar-refractivity contribution in [1.29, 1.82) is 0 Å². The summed E-state index contributed by atoms with van der Waals surface area (Å²) in [5.74, 6) is -0.0433. The highest BCUT2D eigenvalue weighted by molar-refractivity contribution is 5.78. The quantitative estimate of drug-likeness (QED) is 0.373. The van der Waals surface area contributed by atoms with Crippen LogP contribution in [0.3, 0.4) is 0 Å². The topological polar surface area (TPSA) is 78.0 Å². The fourth-order valence-corrected chi connectivity index (χ4v) is 3.37. The van der Waals surface area contributed by atoms with Crippen molar-refractivity contribution >= 4 is 11.7 Å². The zero-order valence-corrected chi connectivity index (χ0v) is 17.3. The number of nitrogen functional groups attached to an aromatic ring is 1. The first-order valence-electron chi connectivity index (χ1n) is 11.0. The molecule has 1 aromatic heterocycles. The van der Waals surface area contributed by atoms with Crippen LogP contribution >= 0.6 is 0 Å². The van der Waals surface area contributed by atoms with Crippen LogP contribution in [0.1, 0.15) is 114 Å². The standard InChI is InChI=1S/C22H39N3O2/c1-2-3-4-5-6-7-8-9-10-11-12-13-14-15-16-17-21(26)25-19-18-20(23)24-22(25)27/h18-19H,2-17H2,1H3,(H2,23,24,27). The fourth-order valence-electron chi connectivity index (χ4n) is 3.37. The molecule has 154 valence electrons. The number of aromatic nitrogens is 2. The molecule has 1 aromatic rings. The number of rotatable bonds is 16. The van der Waals surface area contributed by atoms with Crippen LogP contribution in [0.25, 0.3) is 0 Å². The summed E-state index contributed by atoms with van der Waals surface area (Å²) in [5, 5.41) is 0. The Morgan fingerprint density at radius 1 is 0.852 bits per heavy atom. The third-order valence-electron chi connectivity index (χ3n) is 5.09. The van der Waals surface area contributed by atoms with Crippen LogP contribution in [-0.2, 0) is 0 Å². The summed E-state index contributed by atoms with van der Waals surface area (Å²) in [5.41, 5.74) is 4.85. The molecule has 0 atom stereocenters. The molecule has 0 bridgehead atoms. The van der Waals surface area contributed by atoms with Crippen molar-refractivity contribution in [2.45, 2.75) is 110 Å². The maximum atomic E-state index is 12.0. The Morgan fingerprint density at radius 2 is 1.30 bits per heavy atom. The summed E-state index contributed by atoms with van der Waals surface area (Å²) >= 11 is 0. The predicted octanol–water partition coefficient (Wildman–Crippen LogP) is 5.73. The molecule has 0 aliphatic rings. The summed E-state index contributed by atoms with van der Waals surface area (Å²) in [6.45, 7) is 2.27. The van der Waals surface area contributed by atoms with Gasteiger partial charge in [-0.3, -0.25) is 4.79 Å². The van der Waals surface area contributed by atoms with Crippen LogP contribution in [0.5, 0.6) is 0 Å². The van der Waals surface area contributed by atoms with Crippen LogP contribution < -0.4 is 11.4 Å². The van der Waals surface area contributed by atoms with E-state index in [2.05, 4.69) is 11.9 Å². The third kappa shape index (κ3) is 11.6. The fraction of sp³-hybridized carbons (Fsp3) is 0.773. The molecule has 0 aromatic carbocycles. The molecule has 0 amide bonds. The molecule has 5 heteroatoms. The van der Waals surface area contributed by atoms with Crippen molar-refractivity contribution < 1.29 is 4.79 Å². The molecule has 0 aliphatic heterocycles. The second kappa shape index (κ2) is 15.4. The monoisotopic (exact) mass is 377 g/mol. The van der Waals surface area contributed by atoms with E-state index in [1.807, 2.05) is 0 Å². The van der Waals surface area contributed by atoms with Crippen LogP contribution in [0, 0.1) is 0 Å². The average molecular weight is 378 g/mol. The molecule has 0 saturated carbocycles. The molecule has 1 rings (SSSR count). The predicted molar refractivity (Wildman–Crippen MR) is 113 cm³/mol. The van der Waals surface area contributed by atoms with Crippen LogP contribution in [0.2, 0.25) is 0 Å². The van der Waals surface area contributed by atoms with E-state index in [0.29, 0.717) is 6.42 Å². The van der Waals surface area contributed by atoms with Crippen molar-refractivity contribution in [2.24, 2.45) is 0 Å². The summed E-state index contributed by atoms with van der Waals surface area (Å²) in [4.78, 5) is 27.2. The van der Waals surface area contributed by atoms with Gasteiger partial charge in [0, 0.05) is 12.6 Å². The van der Waals surface area contributed by atoms with Gasteiger partial charge >= 0.3 is 5.69 Å². The van der Waals surface area contributed by atoms with Crippen LogP contribution in [-0.4, -0.2) is 15.5 Å². The maximum Gasteiger partial charge on any atom is 0.356 e. The first-order chi connectivity index (χ1) is 13.1. The minimum Gasteiger partial charge on any atom is -0.383 e. The van der Waals surface area contributed by atoms with Crippen molar-refractivity contribution in [1.82, 2.24) is 9.55 Å². The van der Waals surface area contributed by atoms with Gasteiger partial charge < -0.3 is 5.73 Å². The Kier molecular flexibility index (Phi) is 13.4. The van der Waals surface area contributed by atoms with E-state index in [-0.39, 0.29) is 11.7 Å². The summed E-state index contributed by atoms with van der Waals surface area (Å²) in [7, 11) is 0. The maximum absolute atomic E-state index is 12.0. The second-order valence-corrected chi connectivity index (χ2v) is 7.60. The van der Waals surface area contributed by atoms with E-state index >= 15 is 0 Å². The molecule has 0 fully saturated rings. The minimum atomic E-state index is -0.582. The SMILES string of the molecule is CCCCCCCCCCCCCCCCCC(=O)n1ccc(N)nc1=O. The van der Waals surface area contributed by atoms with Gasteiger partial charge in [0.15, 0.2) is 0 Å². The lowest BCUT2D eigenvalue weighted by molar-refractivity contribution is 0.0893. The van der Waals surface area contributed by atoms with Gasteiger partial charge in [-0.1, -0.05) is 96.8 Å².